The predicted molar refractivity (Wildman–Crippen MR) is 69.1 cm³/mol. The lowest BCUT2D eigenvalue weighted by Gasteiger charge is -2.53. The Morgan fingerprint density at radius 2 is 1.71 bits per heavy atom. The first-order chi connectivity index (χ1) is 7.93. The van der Waals surface area contributed by atoms with Gasteiger partial charge in [-0.3, -0.25) is 0 Å². The van der Waals surface area contributed by atoms with Crippen LogP contribution in [0.1, 0.15) is 47.0 Å². The Labute approximate surface area is 105 Å². The Morgan fingerprint density at radius 1 is 1.12 bits per heavy atom. The van der Waals surface area contributed by atoms with Gasteiger partial charge in [-0.1, -0.05) is 13.8 Å². The summed E-state index contributed by atoms with van der Waals surface area (Å²) in [5, 5.41) is 3.37. The second-order valence-corrected chi connectivity index (χ2v) is 6.37. The van der Waals surface area contributed by atoms with E-state index in [1.807, 2.05) is 7.05 Å². The van der Waals surface area contributed by atoms with Crippen molar-refractivity contribution in [2.24, 2.45) is 5.41 Å². The van der Waals surface area contributed by atoms with Crippen LogP contribution in [0.3, 0.4) is 0 Å². The molecule has 2 aliphatic rings. The molecular weight excluding hydrogens is 214 g/mol. The van der Waals surface area contributed by atoms with Crippen molar-refractivity contribution in [3.63, 3.8) is 0 Å². The minimum absolute atomic E-state index is 0.263. The Morgan fingerprint density at radius 3 is 2.18 bits per heavy atom. The summed E-state index contributed by atoms with van der Waals surface area (Å²) in [5.74, 6) is 0. The van der Waals surface area contributed by atoms with Crippen molar-refractivity contribution in [3.05, 3.63) is 0 Å². The molecule has 1 saturated carbocycles. The van der Waals surface area contributed by atoms with Crippen LogP contribution in [0.25, 0.3) is 0 Å². The van der Waals surface area contributed by atoms with Crippen LogP contribution in [0.5, 0.6) is 0 Å². The van der Waals surface area contributed by atoms with E-state index in [1.165, 1.54) is 0 Å². The van der Waals surface area contributed by atoms with Crippen LogP contribution < -0.4 is 5.32 Å². The Bertz CT molecular complexity index is 257. The van der Waals surface area contributed by atoms with Gasteiger partial charge in [0.25, 0.3) is 0 Å². The monoisotopic (exact) mass is 241 g/mol. The van der Waals surface area contributed by atoms with Gasteiger partial charge in [0.05, 0.1) is 24.4 Å². The van der Waals surface area contributed by atoms with E-state index in [2.05, 4.69) is 33.0 Å². The predicted octanol–water partition coefficient (Wildman–Crippen LogP) is 2.35. The average molecular weight is 241 g/mol. The normalized spacial score (nSPS) is 45.4. The van der Waals surface area contributed by atoms with E-state index in [9.17, 15) is 0 Å². The first kappa shape index (κ1) is 13.3. The van der Waals surface area contributed by atoms with E-state index in [4.69, 9.17) is 9.47 Å². The second kappa shape index (κ2) is 4.87. The molecule has 0 aromatic carbocycles. The molecule has 2 rings (SSSR count). The van der Waals surface area contributed by atoms with Crippen LogP contribution in [0.2, 0.25) is 0 Å². The molecule has 1 heterocycles. The lowest BCUT2D eigenvalue weighted by atomic mass is 9.64. The Balaban J connectivity index is 1.86. The fraction of sp³-hybridized carbons (Fsp3) is 1.00. The number of ether oxygens (including phenoxy) is 2. The van der Waals surface area contributed by atoms with Crippen LogP contribution in [-0.4, -0.2) is 37.5 Å². The van der Waals surface area contributed by atoms with E-state index < -0.39 is 0 Å². The first-order valence-corrected chi connectivity index (χ1v) is 6.91. The molecule has 1 N–H and O–H groups in total. The van der Waals surface area contributed by atoms with Crippen molar-refractivity contribution in [2.75, 3.05) is 7.05 Å². The molecule has 0 radical (unpaired) electrons. The van der Waals surface area contributed by atoms with Crippen LogP contribution in [0, 0.1) is 5.41 Å². The van der Waals surface area contributed by atoms with Crippen molar-refractivity contribution in [2.45, 2.75) is 77.4 Å². The van der Waals surface area contributed by atoms with Gasteiger partial charge in [-0.25, -0.2) is 0 Å². The molecule has 2 fully saturated rings. The SMILES string of the molecule is CNC1CC(OC2CC(C)OC(C)C2)C1(C)C. The smallest absolute Gasteiger partial charge is 0.0659 e. The zero-order chi connectivity index (χ0) is 12.6. The van der Waals surface area contributed by atoms with Gasteiger partial charge < -0.3 is 14.8 Å². The molecule has 0 aromatic heterocycles. The molecule has 1 aliphatic carbocycles. The minimum atomic E-state index is 0.263. The molecule has 4 atom stereocenters. The molecular formula is C14H27NO2. The van der Waals surface area contributed by atoms with Gasteiger partial charge in [-0.2, -0.15) is 0 Å². The van der Waals surface area contributed by atoms with E-state index in [1.54, 1.807) is 0 Å². The molecule has 0 aromatic rings. The van der Waals surface area contributed by atoms with Gasteiger partial charge in [0.2, 0.25) is 0 Å². The highest BCUT2D eigenvalue weighted by Crippen LogP contribution is 2.44. The Kier molecular flexibility index (Phi) is 3.81. The number of rotatable bonds is 3. The standard InChI is InChI=1S/C14H27NO2/c1-9-6-11(7-10(2)16-9)17-13-8-12(15-5)14(13,3)4/h9-13,15H,6-8H2,1-5H3. The number of nitrogens with one attached hydrogen (secondary N) is 1. The van der Waals surface area contributed by atoms with Crippen molar-refractivity contribution < 1.29 is 9.47 Å². The fourth-order valence-corrected chi connectivity index (χ4v) is 3.29. The third kappa shape index (κ3) is 2.67. The molecule has 0 bridgehead atoms. The maximum atomic E-state index is 6.30. The van der Waals surface area contributed by atoms with Gasteiger partial charge >= 0.3 is 0 Å². The van der Waals surface area contributed by atoms with Crippen LogP contribution in [0.15, 0.2) is 0 Å². The fourth-order valence-electron chi connectivity index (χ4n) is 3.29. The van der Waals surface area contributed by atoms with E-state index in [0.29, 0.717) is 30.5 Å². The third-order valence-electron chi connectivity index (χ3n) is 4.54. The lowest BCUT2D eigenvalue weighted by molar-refractivity contribution is -0.182. The van der Waals surface area contributed by atoms with Gasteiger partial charge in [0.1, 0.15) is 0 Å². The van der Waals surface area contributed by atoms with Crippen molar-refractivity contribution in [1.82, 2.24) is 5.32 Å². The van der Waals surface area contributed by atoms with Gasteiger partial charge in [0, 0.05) is 11.5 Å². The molecule has 3 nitrogen and oxygen atoms in total. The lowest BCUT2D eigenvalue weighted by Crippen LogP contribution is -2.61. The summed E-state index contributed by atoms with van der Waals surface area (Å²) in [6.45, 7) is 8.89. The largest absolute Gasteiger partial charge is 0.375 e. The molecule has 100 valence electrons. The van der Waals surface area contributed by atoms with E-state index in [0.717, 1.165) is 19.3 Å². The zero-order valence-corrected chi connectivity index (χ0v) is 11.8. The van der Waals surface area contributed by atoms with Crippen LogP contribution >= 0.6 is 0 Å². The van der Waals surface area contributed by atoms with Gasteiger partial charge in [-0.05, 0) is 40.2 Å². The molecule has 0 amide bonds. The highest BCUT2D eigenvalue weighted by Gasteiger charge is 2.49. The van der Waals surface area contributed by atoms with Crippen molar-refractivity contribution in [3.8, 4) is 0 Å². The highest BCUT2D eigenvalue weighted by atomic mass is 16.5. The summed E-state index contributed by atoms with van der Waals surface area (Å²) >= 11 is 0. The quantitative estimate of drug-likeness (QED) is 0.822. The van der Waals surface area contributed by atoms with Gasteiger partial charge in [0.15, 0.2) is 0 Å². The summed E-state index contributed by atoms with van der Waals surface area (Å²) in [5.41, 5.74) is 0.263. The van der Waals surface area contributed by atoms with Crippen molar-refractivity contribution in [1.29, 1.82) is 0 Å². The maximum Gasteiger partial charge on any atom is 0.0659 e. The average Bonchev–Trinajstić information content (AvgIpc) is 2.22. The summed E-state index contributed by atoms with van der Waals surface area (Å²) in [4.78, 5) is 0. The molecule has 4 unspecified atom stereocenters. The minimum Gasteiger partial charge on any atom is -0.375 e. The molecule has 3 heteroatoms. The Hall–Kier alpha value is -0.120. The topological polar surface area (TPSA) is 30.5 Å². The zero-order valence-electron chi connectivity index (χ0n) is 11.8. The summed E-state index contributed by atoms with van der Waals surface area (Å²) in [6.07, 6.45) is 4.70. The van der Waals surface area contributed by atoms with E-state index >= 15 is 0 Å². The van der Waals surface area contributed by atoms with Crippen LogP contribution in [-0.2, 0) is 9.47 Å². The van der Waals surface area contributed by atoms with Crippen LogP contribution in [0.4, 0.5) is 0 Å². The summed E-state index contributed by atoms with van der Waals surface area (Å²) < 4.78 is 12.0. The number of hydrogen-bond donors (Lipinski definition) is 1. The second-order valence-electron chi connectivity index (χ2n) is 6.37. The summed E-state index contributed by atoms with van der Waals surface area (Å²) in [7, 11) is 2.04. The highest BCUT2D eigenvalue weighted by molar-refractivity contribution is 5.02. The summed E-state index contributed by atoms with van der Waals surface area (Å²) in [6, 6.07) is 0.599. The molecule has 1 aliphatic heterocycles. The first-order valence-electron chi connectivity index (χ1n) is 6.91. The molecule has 17 heavy (non-hydrogen) atoms. The van der Waals surface area contributed by atoms with E-state index in [-0.39, 0.29) is 5.41 Å². The third-order valence-corrected chi connectivity index (χ3v) is 4.54. The number of hydrogen-bond acceptors (Lipinski definition) is 3. The molecule has 0 spiro atoms. The maximum absolute atomic E-state index is 6.30. The van der Waals surface area contributed by atoms with Gasteiger partial charge in [-0.15, -0.1) is 0 Å². The molecule has 1 saturated heterocycles. The van der Waals surface area contributed by atoms with Crippen molar-refractivity contribution >= 4 is 0 Å².